The number of rotatable bonds is 5. The summed E-state index contributed by atoms with van der Waals surface area (Å²) in [5, 5.41) is 3.46. The number of hydrogen-bond acceptors (Lipinski definition) is 4. The third-order valence-corrected chi connectivity index (χ3v) is 5.99. The highest BCUT2D eigenvalue weighted by atomic mass is 16.5. The van der Waals surface area contributed by atoms with Crippen LogP contribution in [0.1, 0.15) is 47.5 Å². The number of methoxy groups -OCH3 is 1. The van der Waals surface area contributed by atoms with E-state index in [-0.39, 0.29) is 12.0 Å². The highest BCUT2D eigenvalue weighted by molar-refractivity contribution is 5.94. The minimum atomic E-state index is 0.106. The summed E-state index contributed by atoms with van der Waals surface area (Å²) in [6, 6.07) is 15.9. The van der Waals surface area contributed by atoms with Crippen LogP contribution in [0.3, 0.4) is 0 Å². The number of nitrogens with one attached hydrogen (secondary N) is 1. The van der Waals surface area contributed by atoms with Crippen molar-refractivity contribution in [3.05, 3.63) is 59.7 Å². The van der Waals surface area contributed by atoms with Gasteiger partial charge in [0.1, 0.15) is 6.10 Å². The van der Waals surface area contributed by atoms with Crippen molar-refractivity contribution in [2.45, 2.75) is 37.7 Å². The Labute approximate surface area is 173 Å². The molecule has 2 heterocycles. The van der Waals surface area contributed by atoms with E-state index in [9.17, 15) is 4.79 Å². The fraction of sp³-hybridized carbons (Fsp3) is 0.458. The molecule has 2 fully saturated rings. The Balaban J connectivity index is 1.35. The van der Waals surface area contributed by atoms with Crippen LogP contribution >= 0.6 is 0 Å². The lowest BCUT2D eigenvalue weighted by Gasteiger charge is -2.32. The van der Waals surface area contributed by atoms with Gasteiger partial charge in [0.05, 0.1) is 7.11 Å². The Morgan fingerprint density at radius 3 is 2.55 bits per heavy atom. The second-order valence-electron chi connectivity index (χ2n) is 7.93. The minimum Gasteiger partial charge on any atom is -0.493 e. The monoisotopic (exact) mass is 394 g/mol. The summed E-state index contributed by atoms with van der Waals surface area (Å²) >= 11 is 0. The molecule has 2 aromatic rings. The third-order valence-electron chi connectivity index (χ3n) is 5.99. The van der Waals surface area contributed by atoms with Gasteiger partial charge in [-0.15, -0.1) is 0 Å². The van der Waals surface area contributed by atoms with Crippen LogP contribution in [-0.4, -0.2) is 50.2 Å². The first-order valence-corrected chi connectivity index (χ1v) is 10.6. The second kappa shape index (κ2) is 9.31. The summed E-state index contributed by atoms with van der Waals surface area (Å²) in [6.45, 7) is 3.53. The van der Waals surface area contributed by atoms with Gasteiger partial charge >= 0.3 is 0 Å². The number of carbonyl (C=O) groups excluding carboxylic acids is 1. The maximum atomic E-state index is 13.0. The molecule has 2 aliphatic rings. The van der Waals surface area contributed by atoms with Gasteiger partial charge in [-0.05, 0) is 55.1 Å². The summed E-state index contributed by atoms with van der Waals surface area (Å²) in [5.41, 5.74) is 2.08. The van der Waals surface area contributed by atoms with E-state index in [2.05, 4.69) is 17.4 Å². The number of benzene rings is 2. The average Bonchev–Trinajstić information content (AvgIpc) is 2.80. The summed E-state index contributed by atoms with van der Waals surface area (Å²) in [4.78, 5) is 15.0. The van der Waals surface area contributed by atoms with Gasteiger partial charge < -0.3 is 19.7 Å². The molecule has 0 bridgehead atoms. The molecule has 1 unspecified atom stereocenters. The number of hydrogen-bond donors (Lipinski definition) is 1. The standard InChI is InChI=1S/C24H30N2O3/c1-28-22-9-2-3-10-23(22)29-21-11-14-26(15-12-21)24(27)19-7-4-6-18(16-19)20-8-5-13-25-17-20/h2-4,6-7,9-10,16,20-21,25H,5,8,11-15,17H2,1H3. The van der Waals surface area contributed by atoms with E-state index >= 15 is 0 Å². The van der Waals surface area contributed by atoms with Crippen LogP contribution in [0.15, 0.2) is 48.5 Å². The molecular weight excluding hydrogens is 364 g/mol. The number of carbonyl (C=O) groups is 1. The summed E-state index contributed by atoms with van der Waals surface area (Å²) in [7, 11) is 1.65. The molecule has 1 atom stereocenters. The lowest BCUT2D eigenvalue weighted by atomic mass is 9.90. The molecule has 0 radical (unpaired) electrons. The molecule has 0 saturated carbocycles. The van der Waals surface area contributed by atoms with Gasteiger partial charge in [-0.25, -0.2) is 0 Å². The topological polar surface area (TPSA) is 50.8 Å². The van der Waals surface area contributed by atoms with Gasteiger partial charge in [0.15, 0.2) is 11.5 Å². The van der Waals surface area contributed by atoms with Crippen LogP contribution in [0.2, 0.25) is 0 Å². The van der Waals surface area contributed by atoms with Gasteiger partial charge in [-0.3, -0.25) is 4.79 Å². The number of nitrogens with zero attached hydrogens (tertiary/aromatic N) is 1. The molecule has 4 rings (SSSR count). The van der Waals surface area contributed by atoms with Crippen molar-refractivity contribution >= 4 is 5.91 Å². The molecule has 0 spiro atoms. The molecule has 0 aliphatic carbocycles. The molecule has 1 N–H and O–H groups in total. The maximum absolute atomic E-state index is 13.0. The first kappa shape index (κ1) is 19.8. The average molecular weight is 395 g/mol. The molecule has 5 nitrogen and oxygen atoms in total. The van der Waals surface area contributed by atoms with E-state index in [1.807, 2.05) is 41.3 Å². The Morgan fingerprint density at radius 2 is 1.83 bits per heavy atom. The fourth-order valence-electron chi connectivity index (χ4n) is 4.32. The quantitative estimate of drug-likeness (QED) is 0.837. The molecule has 2 saturated heterocycles. The number of ether oxygens (including phenoxy) is 2. The lowest BCUT2D eigenvalue weighted by Crippen LogP contribution is -2.41. The molecule has 2 aliphatic heterocycles. The van der Waals surface area contributed by atoms with E-state index in [1.165, 1.54) is 18.4 Å². The van der Waals surface area contributed by atoms with Crippen LogP contribution < -0.4 is 14.8 Å². The predicted octanol–water partition coefficient (Wildman–Crippen LogP) is 3.85. The van der Waals surface area contributed by atoms with E-state index in [0.717, 1.165) is 43.0 Å². The fourth-order valence-corrected chi connectivity index (χ4v) is 4.32. The van der Waals surface area contributed by atoms with Gasteiger partial charge in [-0.2, -0.15) is 0 Å². The van der Waals surface area contributed by atoms with Gasteiger partial charge in [0.2, 0.25) is 0 Å². The lowest BCUT2D eigenvalue weighted by molar-refractivity contribution is 0.0590. The highest BCUT2D eigenvalue weighted by Crippen LogP contribution is 2.29. The van der Waals surface area contributed by atoms with Crippen LogP contribution in [0, 0.1) is 0 Å². The zero-order valence-corrected chi connectivity index (χ0v) is 17.1. The molecule has 29 heavy (non-hydrogen) atoms. The highest BCUT2D eigenvalue weighted by Gasteiger charge is 2.26. The van der Waals surface area contributed by atoms with Crippen molar-refractivity contribution in [3.63, 3.8) is 0 Å². The third kappa shape index (κ3) is 4.73. The van der Waals surface area contributed by atoms with Crippen LogP contribution in [0.5, 0.6) is 11.5 Å². The van der Waals surface area contributed by atoms with Crippen LogP contribution in [0.25, 0.3) is 0 Å². The Kier molecular flexibility index (Phi) is 6.35. The van der Waals surface area contributed by atoms with Crippen molar-refractivity contribution in [1.82, 2.24) is 10.2 Å². The largest absolute Gasteiger partial charge is 0.493 e. The molecule has 2 aromatic carbocycles. The molecule has 154 valence electrons. The van der Waals surface area contributed by atoms with E-state index < -0.39 is 0 Å². The molecule has 1 amide bonds. The predicted molar refractivity (Wildman–Crippen MR) is 114 cm³/mol. The van der Waals surface area contributed by atoms with E-state index in [0.29, 0.717) is 19.0 Å². The van der Waals surface area contributed by atoms with E-state index in [1.54, 1.807) is 7.11 Å². The number of piperidine rings is 2. The zero-order chi connectivity index (χ0) is 20.1. The van der Waals surface area contributed by atoms with Crippen LogP contribution in [0.4, 0.5) is 0 Å². The summed E-state index contributed by atoms with van der Waals surface area (Å²) in [6.07, 6.45) is 4.15. The first-order valence-electron chi connectivity index (χ1n) is 10.6. The molecule has 5 heteroatoms. The summed E-state index contributed by atoms with van der Waals surface area (Å²) in [5.74, 6) is 2.16. The van der Waals surface area contributed by atoms with Gasteiger partial charge in [0.25, 0.3) is 5.91 Å². The first-order chi connectivity index (χ1) is 14.2. The van der Waals surface area contributed by atoms with Gasteiger partial charge in [-0.1, -0.05) is 24.3 Å². The van der Waals surface area contributed by atoms with Crippen molar-refractivity contribution in [1.29, 1.82) is 0 Å². The Hall–Kier alpha value is -2.53. The molecular formula is C24H30N2O3. The van der Waals surface area contributed by atoms with E-state index in [4.69, 9.17) is 9.47 Å². The maximum Gasteiger partial charge on any atom is 0.253 e. The molecule has 0 aromatic heterocycles. The van der Waals surface area contributed by atoms with Gasteiger partial charge in [0, 0.05) is 38.0 Å². The van der Waals surface area contributed by atoms with Crippen molar-refractivity contribution in [2.24, 2.45) is 0 Å². The van der Waals surface area contributed by atoms with Crippen molar-refractivity contribution in [3.8, 4) is 11.5 Å². The summed E-state index contributed by atoms with van der Waals surface area (Å²) < 4.78 is 11.5. The Bertz CT molecular complexity index is 824. The second-order valence-corrected chi connectivity index (χ2v) is 7.93. The zero-order valence-electron chi connectivity index (χ0n) is 17.1. The number of likely N-dealkylation sites (tertiary alicyclic amines) is 1. The normalized spacial score (nSPS) is 20.3. The minimum absolute atomic E-state index is 0.106. The smallest absolute Gasteiger partial charge is 0.253 e. The number of para-hydroxylation sites is 2. The van der Waals surface area contributed by atoms with Crippen LogP contribution in [-0.2, 0) is 0 Å². The van der Waals surface area contributed by atoms with Crippen molar-refractivity contribution in [2.75, 3.05) is 33.3 Å². The van der Waals surface area contributed by atoms with Crippen molar-refractivity contribution < 1.29 is 14.3 Å². The Morgan fingerprint density at radius 1 is 1.03 bits per heavy atom. The SMILES string of the molecule is COc1ccccc1OC1CCN(C(=O)c2cccc(C3CCCNC3)c2)CC1. The number of amides is 1.